The zero-order valence-corrected chi connectivity index (χ0v) is 19.9. The Morgan fingerprint density at radius 3 is 2.38 bits per heavy atom. The lowest BCUT2D eigenvalue weighted by atomic mass is 10.1. The van der Waals surface area contributed by atoms with Gasteiger partial charge in [0.2, 0.25) is 0 Å². The van der Waals surface area contributed by atoms with Gasteiger partial charge in [-0.3, -0.25) is 0 Å². The van der Waals surface area contributed by atoms with Crippen LogP contribution in [-0.2, 0) is 16.1 Å². The number of carbonyl (C=O) groups excluding carboxylic acids is 1. The molecule has 34 heavy (non-hydrogen) atoms. The van der Waals surface area contributed by atoms with Crippen LogP contribution in [0.4, 0.5) is 5.69 Å². The molecule has 0 spiro atoms. The van der Waals surface area contributed by atoms with Gasteiger partial charge in [0.15, 0.2) is 0 Å². The molecule has 4 nitrogen and oxygen atoms in total. The number of allylic oxidation sites excluding steroid dienone is 7. The summed E-state index contributed by atoms with van der Waals surface area (Å²) in [7, 11) is 4.06. The zero-order valence-electron chi connectivity index (χ0n) is 19.1. The van der Waals surface area contributed by atoms with Gasteiger partial charge in [-0.15, -0.1) is 11.3 Å². The van der Waals surface area contributed by atoms with E-state index in [1.54, 1.807) is 23.5 Å². The molecule has 168 valence electrons. The van der Waals surface area contributed by atoms with Crippen LogP contribution in [0, 0.1) is 11.3 Å². The maximum Gasteiger partial charge on any atom is 0.349 e. The Bertz CT molecular complexity index is 1330. The Balaban J connectivity index is 1.49. The lowest BCUT2D eigenvalue weighted by Gasteiger charge is -2.12. The van der Waals surface area contributed by atoms with Gasteiger partial charge in [-0.2, -0.15) is 5.26 Å². The van der Waals surface area contributed by atoms with Crippen LogP contribution in [0.5, 0.6) is 0 Å². The molecule has 0 fully saturated rings. The van der Waals surface area contributed by atoms with Crippen LogP contribution < -0.4 is 4.90 Å². The molecule has 5 heteroatoms. The van der Waals surface area contributed by atoms with Crippen molar-refractivity contribution in [2.75, 3.05) is 19.0 Å². The van der Waals surface area contributed by atoms with Crippen molar-refractivity contribution in [1.29, 1.82) is 5.26 Å². The Hall–Kier alpha value is -4.14. The van der Waals surface area contributed by atoms with E-state index in [-0.39, 0.29) is 12.2 Å². The molecule has 0 bridgehead atoms. The number of hydrogen-bond donors (Lipinski definition) is 0. The molecule has 0 saturated carbocycles. The number of nitriles is 1. The summed E-state index contributed by atoms with van der Waals surface area (Å²) in [5.41, 5.74) is 4.74. The Morgan fingerprint density at radius 1 is 0.941 bits per heavy atom. The molecule has 0 atom stereocenters. The Labute approximate surface area is 204 Å². The summed E-state index contributed by atoms with van der Waals surface area (Å²) in [5.74, 6) is -0.626. The molecule has 3 aromatic rings. The van der Waals surface area contributed by atoms with Gasteiger partial charge >= 0.3 is 5.97 Å². The third kappa shape index (κ3) is 5.43. The summed E-state index contributed by atoms with van der Waals surface area (Å²) < 4.78 is 5.36. The van der Waals surface area contributed by atoms with E-state index in [1.807, 2.05) is 68.7 Å². The highest BCUT2D eigenvalue weighted by molar-refractivity contribution is 7.16. The van der Waals surface area contributed by atoms with E-state index in [0.29, 0.717) is 5.57 Å². The molecule has 0 N–H and O–H groups in total. The quantitative estimate of drug-likeness (QED) is 0.236. The van der Waals surface area contributed by atoms with E-state index in [0.717, 1.165) is 21.7 Å². The van der Waals surface area contributed by atoms with Gasteiger partial charge in [0.1, 0.15) is 18.2 Å². The van der Waals surface area contributed by atoms with Crippen molar-refractivity contribution in [3.63, 3.8) is 0 Å². The van der Waals surface area contributed by atoms with Crippen molar-refractivity contribution in [2.45, 2.75) is 6.61 Å². The lowest BCUT2D eigenvalue weighted by Crippen LogP contribution is -2.08. The van der Waals surface area contributed by atoms with E-state index < -0.39 is 5.97 Å². The summed E-state index contributed by atoms with van der Waals surface area (Å²) in [5, 5.41) is 9.61. The first-order valence-electron chi connectivity index (χ1n) is 10.8. The number of anilines is 1. The van der Waals surface area contributed by atoms with Gasteiger partial charge in [0, 0.05) is 29.5 Å². The first kappa shape index (κ1) is 23.0. The van der Waals surface area contributed by atoms with Crippen molar-refractivity contribution in [1.82, 2.24) is 0 Å². The van der Waals surface area contributed by atoms with Crippen LogP contribution in [0.25, 0.3) is 16.0 Å². The molecule has 0 aliphatic heterocycles. The maximum atomic E-state index is 12.5. The second-order valence-corrected chi connectivity index (χ2v) is 9.01. The van der Waals surface area contributed by atoms with Gasteiger partial charge in [-0.25, -0.2) is 4.79 Å². The normalized spacial score (nSPS) is 14.1. The largest absolute Gasteiger partial charge is 0.457 e. The number of ether oxygens (including phenoxy) is 1. The first-order chi connectivity index (χ1) is 16.5. The number of rotatable bonds is 6. The van der Waals surface area contributed by atoms with Crippen molar-refractivity contribution >= 4 is 28.6 Å². The van der Waals surface area contributed by atoms with Crippen LogP contribution in [0.1, 0.15) is 10.4 Å². The highest BCUT2D eigenvalue weighted by atomic mass is 32.1. The van der Waals surface area contributed by atoms with Crippen molar-refractivity contribution in [3.05, 3.63) is 119 Å². The average molecular weight is 465 g/mol. The summed E-state index contributed by atoms with van der Waals surface area (Å²) in [6, 6.07) is 24.1. The monoisotopic (exact) mass is 464 g/mol. The molecular formula is C29H24N2O2S. The number of thiophene rings is 1. The highest BCUT2D eigenvalue weighted by Crippen LogP contribution is 2.34. The van der Waals surface area contributed by atoms with Crippen LogP contribution in [0.2, 0.25) is 0 Å². The maximum absolute atomic E-state index is 12.5. The van der Waals surface area contributed by atoms with Gasteiger partial charge < -0.3 is 9.64 Å². The molecule has 2 aromatic carbocycles. The number of nitrogens with zero attached hydrogens (tertiary/aromatic N) is 2. The van der Waals surface area contributed by atoms with Gasteiger partial charge in [0.05, 0.1) is 0 Å². The average Bonchev–Trinajstić information content (AvgIpc) is 3.23. The van der Waals surface area contributed by atoms with Crippen molar-refractivity contribution < 1.29 is 9.53 Å². The molecule has 4 rings (SSSR count). The fourth-order valence-electron chi connectivity index (χ4n) is 3.47. The molecular weight excluding hydrogens is 440 g/mol. The molecule has 1 aliphatic rings. The van der Waals surface area contributed by atoms with E-state index >= 15 is 0 Å². The van der Waals surface area contributed by atoms with Crippen molar-refractivity contribution in [3.8, 4) is 16.5 Å². The number of carbonyl (C=O) groups is 1. The van der Waals surface area contributed by atoms with E-state index in [2.05, 4.69) is 41.3 Å². The minimum Gasteiger partial charge on any atom is -0.457 e. The topological polar surface area (TPSA) is 53.3 Å². The molecule has 1 heterocycles. The summed E-state index contributed by atoms with van der Waals surface area (Å²) >= 11 is 1.70. The Morgan fingerprint density at radius 2 is 1.68 bits per heavy atom. The van der Waals surface area contributed by atoms with E-state index in [9.17, 15) is 10.1 Å². The predicted octanol–water partition coefficient (Wildman–Crippen LogP) is 6.55. The summed E-state index contributed by atoms with van der Waals surface area (Å²) in [6.45, 7) is 0.128. The van der Waals surface area contributed by atoms with Gasteiger partial charge in [0.25, 0.3) is 0 Å². The summed E-state index contributed by atoms with van der Waals surface area (Å²) in [6.07, 6.45) is 9.33. The second-order valence-electron chi connectivity index (χ2n) is 7.92. The van der Waals surface area contributed by atoms with Gasteiger partial charge in [-0.1, -0.05) is 72.8 Å². The zero-order chi connectivity index (χ0) is 23.9. The molecule has 1 aliphatic carbocycles. The molecule has 0 amide bonds. The minimum absolute atomic E-state index is 0.00840. The fourth-order valence-corrected chi connectivity index (χ4v) is 4.49. The van der Waals surface area contributed by atoms with Crippen molar-refractivity contribution in [2.24, 2.45) is 0 Å². The molecule has 0 unspecified atom stereocenters. The van der Waals surface area contributed by atoms with E-state index in [4.69, 9.17) is 4.74 Å². The summed E-state index contributed by atoms with van der Waals surface area (Å²) in [4.78, 5) is 16.9. The Kier molecular flexibility index (Phi) is 7.22. The second kappa shape index (κ2) is 10.7. The smallest absolute Gasteiger partial charge is 0.349 e. The van der Waals surface area contributed by atoms with E-state index in [1.165, 1.54) is 10.4 Å². The standard InChI is InChI=1S/C29H24N2O2S/c1-31(2)25-15-13-24(14-16-25)28-18-17-27(34-28)23-10-6-9-22(11-12-23)26(19-30)29(32)33-20-21-7-4-3-5-8-21/h3-18H,20H2,1-2H3/b26-22-. The number of hydrogen-bond acceptors (Lipinski definition) is 5. The lowest BCUT2D eigenvalue weighted by molar-refractivity contribution is -0.139. The van der Waals surface area contributed by atoms with Crippen LogP contribution in [0.3, 0.4) is 0 Å². The predicted molar refractivity (Wildman–Crippen MR) is 139 cm³/mol. The first-order valence-corrected chi connectivity index (χ1v) is 11.7. The molecule has 0 radical (unpaired) electrons. The SMILES string of the molecule is CN(C)c1ccc(-c2ccc(C3=CC=C/C(=C(\C#N)C(=O)OCc4ccccc4)C=C3)s2)cc1. The van der Waals surface area contributed by atoms with Crippen LogP contribution >= 0.6 is 11.3 Å². The highest BCUT2D eigenvalue weighted by Gasteiger charge is 2.15. The van der Waals surface area contributed by atoms with Crippen LogP contribution in [0.15, 0.2) is 108 Å². The minimum atomic E-state index is -0.626. The molecule has 1 aromatic heterocycles. The number of benzene rings is 2. The van der Waals surface area contributed by atoms with Crippen LogP contribution in [-0.4, -0.2) is 20.1 Å². The fraction of sp³-hybridized carbons (Fsp3) is 0.103. The number of esters is 1. The third-order valence-electron chi connectivity index (χ3n) is 5.37. The third-order valence-corrected chi connectivity index (χ3v) is 6.55. The van der Waals surface area contributed by atoms with Gasteiger partial charge in [-0.05, 0) is 46.5 Å². The molecule has 0 saturated heterocycles.